The molecule has 0 radical (unpaired) electrons. The Morgan fingerprint density at radius 3 is 2.32 bits per heavy atom. The normalized spacial score (nSPS) is 14.2. The van der Waals surface area contributed by atoms with Crippen LogP contribution in [0.25, 0.3) is 22.8 Å². The number of rotatable bonds is 8. The molecule has 0 spiro atoms. The Kier molecular flexibility index (Phi) is 8.70. The van der Waals surface area contributed by atoms with Crippen molar-refractivity contribution in [1.29, 1.82) is 0 Å². The summed E-state index contributed by atoms with van der Waals surface area (Å²) in [6, 6.07) is 19.9. The summed E-state index contributed by atoms with van der Waals surface area (Å²) in [7, 11) is 0. The molecule has 0 fully saturated rings. The summed E-state index contributed by atoms with van der Waals surface area (Å²) in [6.07, 6.45) is 1.02. The molecular weight excluding hydrogens is 623 g/mol. The van der Waals surface area contributed by atoms with Crippen LogP contribution in [0.5, 0.6) is 0 Å². The van der Waals surface area contributed by atoms with E-state index in [0.717, 1.165) is 39.3 Å². The lowest BCUT2D eigenvalue weighted by Crippen LogP contribution is -2.39. The number of imide groups is 1. The van der Waals surface area contributed by atoms with Crippen LogP contribution in [-0.2, 0) is 9.53 Å². The Labute approximate surface area is 276 Å². The first-order chi connectivity index (χ1) is 22.6. The smallest absolute Gasteiger partial charge is 0.409 e. The first-order valence-corrected chi connectivity index (χ1v) is 15.6. The number of ether oxygens (including phenoxy) is 1. The van der Waals surface area contributed by atoms with Crippen LogP contribution in [0.3, 0.4) is 0 Å². The minimum Gasteiger partial charge on any atom is -0.448 e. The molecule has 1 aliphatic carbocycles. The Morgan fingerprint density at radius 2 is 1.68 bits per heavy atom. The Hall–Kier alpha value is -5.22. The Bertz CT molecular complexity index is 1920. The van der Waals surface area contributed by atoms with E-state index in [1.54, 1.807) is 13.8 Å². The van der Waals surface area contributed by atoms with E-state index in [0.29, 0.717) is 29.1 Å². The van der Waals surface area contributed by atoms with E-state index < -0.39 is 23.2 Å². The number of fused-ring (bicyclic) bond motifs is 4. The van der Waals surface area contributed by atoms with Crippen molar-refractivity contribution >= 4 is 52.2 Å². The van der Waals surface area contributed by atoms with Crippen molar-refractivity contribution in [3.63, 3.8) is 0 Å². The molecule has 2 heterocycles. The van der Waals surface area contributed by atoms with E-state index >= 15 is 0 Å². The average molecular weight is 655 g/mol. The zero-order valence-corrected chi connectivity index (χ0v) is 26.8. The molecule has 0 saturated heterocycles. The maximum absolute atomic E-state index is 14.1. The van der Waals surface area contributed by atoms with Crippen LogP contribution in [0, 0.1) is 19.7 Å². The van der Waals surface area contributed by atoms with Crippen molar-refractivity contribution in [3.05, 3.63) is 112 Å². The molecule has 0 saturated carbocycles. The number of nitrogens with one attached hydrogen (secondary N) is 2. The molecule has 1 aliphatic heterocycles. The van der Waals surface area contributed by atoms with Crippen molar-refractivity contribution in [2.75, 3.05) is 31.1 Å². The molecule has 0 bridgehead atoms. The summed E-state index contributed by atoms with van der Waals surface area (Å²) in [4.78, 5) is 56.8. The van der Waals surface area contributed by atoms with Crippen molar-refractivity contribution in [1.82, 2.24) is 15.2 Å². The number of halogens is 2. The van der Waals surface area contributed by atoms with Gasteiger partial charge >= 0.3 is 11.5 Å². The summed E-state index contributed by atoms with van der Waals surface area (Å²) in [6.45, 7) is 6.29. The van der Waals surface area contributed by atoms with Gasteiger partial charge in [0.2, 0.25) is 0 Å². The number of likely N-dealkylation sites (N-methyl/N-ethyl adjacent to an activating group) is 1. The van der Waals surface area contributed by atoms with Gasteiger partial charge in [0.15, 0.2) is 0 Å². The number of hydrogen-bond acceptors (Lipinski definition) is 5. The van der Waals surface area contributed by atoms with Gasteiger partial charge in [-0.15, -0.1) is 0 Å². The summed E-state index contributed by atoms with van der Waals surface area (Å²) in [5.41, 5.74) is 6.93. The quantitative estimate of drug-likeness (QED) is 0.121. The molecular formula is C36H32ClFN4O5. The van der Waals surface area contributed by atoms with Gasteiger partial charge in [0.05, 0.1) is 16.8 Å². The Balaban J connectivity index is 1.10. The number of benzene rings is 3. The zero-order chi connectivity index (χ0) is 33.4. The second-order valence-corrected chi connectivity index (χ2v) is 11.7. The molecule has 11 heteroatoms. The third kappa shape index (κ3) is 5.81. The average Bonchev–Trinajstić information content (AvgIpc) is 3.63. The number of aromatic nitrogens is 1. The Morgan fingerprint density at radius 1 is 1.02 bits per heavy atom. The maximum Gasteiger partial charge on any atom is 0.409 e. The highest BCUT2D eigenvalue weighted by Crippen LogP contribution is 2.44. The van der Waals surface area contributed by atoms with E-state index in [-0.39, 0.29) is 48.3 Å². The van der Waals surface area contributed by atoms with Crippen LogP contribution in [-0.4, -0.2) is 59.4 Å². The molecule has 3 aromatic carbocycles. The molecule has 47 heavy (non-hydrogen) atoms. The number of anilines is 1. The molecule has 2 aliphatic rings. The van der Waals surface area contributed by atoms with Crippen molar-refractivity contribution in [2.45, 2.75) is 26.7 Å². The molecule has 0 atom stereocenters. The third-order valence-electron chi connectivity index (χ3n) is 8.73. The highest BCUT2D eigenvalue weighted by molar-refractivity contribution is 6.70. The van der Waals surface area contributed by atoms with E-state index in [2.05, 4.69) is 34.6 Å². The number of aromatic amines is 1. The number of hydrogen-bond donors (Lipinski definition) is 2. The highest BCUT2D eigenvalue weighted by Gasteiger charge is 2.37. The van der Waals surface area contributed by atoms with E-state index in [9.17, 15) is 23.6 Å². The molecule has 240 valence electrons. The van der Waals surface area contributed by atoms with Crippen molar-refractivity contribution in [3.8, 4) is 11.1 Å². The van der Waals surface area contributed by atoms with Gasteiger partial charge in [0.25, 0.3) is 11.8 Å². The first kappa shape index (κ1) is 31.7. The summed E-state index contributed by atoms with van der Waals surface area (Å²) in [5.74, 6) is -1.70. The van der Waals surface area contributed by atoms with Crippen LogP contribution in [0.2, 0.25) is 0 Å². The van der Waals surface area contributed by atoms with Crippen LogP contribution in [0.1, 0.15) is 56.8 Å². The van der Waals surface area contributed by atoms with E-state index in [1.807, 2.05) is 31.2 Å². The number of carbonyl (C=O) groups excluding carboxylic acids is 4. The fraction of sp³-hybridized carbons (Fsp3) is 0.222. The van der Waals surface area contributed by atoms with Crippen LogP contribution in [0.15, 0.2) is 66.7 Å². The lowest BCUT2D eigenvalue weighted by Gasteiger charge is -2.22. The van der Waals surface area contributed by atoms with Crippen LogP contribution in [0.4, 0.5) is 19.7 Å². The van der Waals surface area contributed by atoms with Gasteiger partial charge in [-0.2, -0.15) is 0 Å². The van der Waals surface area contributed by atoms with Crippen molar-refractivity contribution in [2.24, 2.45) is 0 Å². The van der Waals surface area contributed by atoms with E-state index in [1.165, 1.54) is 17.0 Å². The molecule has 4 amide bonds. The molecule has 1 aromatic heterocycles. The van der Waals surface area contributed by atoms with Gasteiger partial charge in [-0.3, -0.25) is 14.4 Å². The summed E-state index contributed by atoms with van der Waals surface area (Å²) >= 11 is 5.65. The summed E-state index contributed by atoms with van der Waals surface area (Å²) in [5, 5.41) is 1.86. The van der Waals surface area contributed by atoms with E-state index in [4.69, 9.17) is 16.3 Å². The van der Waals surface area contributed by atoms with Gasteiger partial charge in [0, 0.05) is 42.5 Å². The summed E-state index contributed by atoms with van der Waals surface area (Å²) < 4.78 is 19.9. The largest absolute Gasteiger partial charge is 0.448 e. The topological polar surface area (TPSA) is 112 Å². The second-order valence-electron chi connectivity index (χ2n) is 11.4. The molecule has 4 aromatic rings. The first-order valence-electron chi connectivity index (χ1n) is 15.2. The zero-order valence-electron chi connectivity index (χ0n) is 26.0. The fourth-order valence-corrected chi connectivity index (χ4v) is 6.61. The molecule has 0 unspecified atom stereocenters. The van der Waals surface area contributed by atoms with Gasteiger partial charge in [-0.05, 0) is 84.5 Å². The lowest BCUT2D eigenvalue weighted by molar-refractivity contribution is -0.112. The molecule has 6 rings (SSSR count). The number of carbonyl (C=O) groups is 4. The van der Waals surface area contributed by atoms with Gasteiger partial charge in [-0.1, -0.05) is 48.5 Å². The monoisotopic (exact) mass is 654 g/mol. The highest BCUT2D eigenvalue weighted by atomic mass is 35.5. The van der Waals surface area contributed by atoms with Crippen LogP contribution < -0.4 is 10.2 Å². The molecule has 2 N–H and O–H groups in total. The lowest BCUT2D eigenvalue weighted by atomic mass is 9.98. The van der Waals surface area contributed by atoms with Gasteiger partial charge in [0.1, 0.15) is 12.4 Å². The van der Waals surface area contributed by atoms with Crippen LogP contribution >= 0.6 is 11.6 Å². The van der Waals surface area contributed by atoms with Crippen molar-refractivity contribution < 1.29 is 28.3 Å². The number of H-pyrrole nitrogens is 1. The van der Waals surface area contributed by atoms with Gasteiger partial charge < -0.3 is 19.9 Å². The minimum absolute atomic E-state index is 0.0565. The maximum atomic E-state index is 14.1. The van der Waals surface area contributed by atoms with Gasteiger partial charge in [-0.25, -0.2) is 14.1 Å². The minimum atomic E-state index is -1.01. The molecule has 9 nitrogen and oxygen atoms in total. The predicted octanol–water partition coefficient (Wildman–Crippen LogP) is 7.02. The fourth-order valence-electron chi connectivity index (χ4n) is 6.44. The number of amides is 4. The SMILES string of the molecule is CCN(CCNC(=O)c1c(C)[nH]c(/C=C2\C(=O)N(C(=O)Cl)c3ccc(F)cc32)c1C)C(=O)OCC1c2ccccc2-c2ccccc21. The third-order valence-corrected chi connectivity index (χ3v) is 8.90. The second kappa shape index (κ2) is 12.9. The number of nitrogens with zero attached hydrogens (tertiary/aromatic N) is 2. The number of aryl methyl sites for hydroxylation is 1. The predicted molar refractivity (Wildman–Crippen MR) is 178 cm³/mol. The standard InChI is InChI=1S/C36H32ClFN4O5/c1-4-41(36(46)47-19-29-25-11-7-5-9-23(25)24-10-6-8-12-26(24)29)16-15-39-33(43)32-20(2)30(40-21(32)3)18-28-27-17-22(38)13-14-31(27)42(34(28)44)35(37)45/h5-14,17-18,29,40H,4,15-16,19H2,1-3H3,(H,39,43)/b28-18-.